The summed E-state index contributed by atoms with van der Waals surface area (Å²) in [4.78, 5) is 3.66. The summed E-state index contributed by atoms with van der Waals surface area (Å²) in [6.45, 7) is 0. The Morgan fingerprint density at radius 1 is 1.25 bits per heavy atom. The molecule has 0 unspecified atom stereocenters. The van der Waals surface area contributed by atoms with E-state index in [2.05, 4.69) is 4.98 Å². The summed E-state index contributed by atoms with van der Waals surface area (Å²) in [6, 6.07) is 3.06. The first-order valence-electron chi connectivity index (χ1n) is 4.24. The largest absolute Gasteiger partial charge is 0.443 e. The van der Waals surface area contributed by atoms with E-state index in [1.807, 2.05) is 0 Å². The van der Waals surface area contributed by atoms with Crippen molar-refractivity contribution in [2.75, 3.05) is 0 Å². The highest BCUT2D eigenvalue weighted by Gasteiger charge is 2.31. The van der Waals surface area contributed by atoms with Crippen LogP contribution in [0.25, 0.3) is 11.3 Å². The molecule has 0 saturated carbocycles. The fourth-order valence-electron chi connectivity index (χ4n) is 1.24. The number of alkyl halides is 3. The van der Waals surface area contributed by atoms with E-state index in [0.717, 1.165) is 12.1 Å². The summed E-state index contributed by atoms with van der Waals surface area (Å²) in [5.74, 6) is 0.332. The van der Waals surface area contributed by atoms with Gasteiger partial charge in [0, 0.05) is 5.56 Å². The SMILES string of the molecule is FC(F)(F)c1ccc(-c2cnco2)c(Cl)c1. The summed E-state index contributed by atoms with van der Waals surface area (Å²) in [6.07, 6.45) is -1.83. The number of nitrogens with zero attached hydrogens (tertiary/aromatic N) is 1. The molecule has 16 heavy (non-hydrogen) atoms. The van der Waals surface area contributed by atoms with Gasteiger partial charge < -0.3 is 4.42 Å². The maximum absolute atomic E-state index is 12.3. The first kappa shape index (κ1) is 11.0. The average molecular weight is 248 g/mol. The lowest BCUT2D eigenvalue weighted by atomic mass is 10.1. The maximum Gasteiger partial charge on any atom is 0.416 e. The van der Waals surface area contributed by atoms with Gasteiger partial charge in [0.15, 0.2) is 12.2 Å². The molecule has 0 N–H and O–H groups in total. The lowest BCUT2D eigenvalue weighted by Crippen LogP contribution is -2.04. The quantitative estimate of drug-likeness (QED) is 0.761. The average Bonchev–Trinajstić information content (AvgIpc) is 2.69. The second-order valence-corrected chi connectivity index (χ2v) is 3.47. The summed E-state index contributed by atoms with van der Waals surface area (Å²) in [5, 5.41) is -0.0217. The number of aromatic nitrogens is 1. The number of oxazole rings is 1. The van der Waals surface area contributed by atoms with Gasteiger partial charge in [-0.1, -0.05) is 11.6 Å². The first-order chi connectivity index (χ1) is 7.48. The Balaban J connectivity index is 2.46. The predicted molar refractivity (Wildman–Crippen MR) is 52.0 cm³/mol. The monoisotopic (exact) mass is 247 g/mol. The van der Waals surface area contributed by atoms with Gasteiger partial charge in [-0.25, -0.2) is 4.98 Å². The van der Waals surface area contributed by atoms with Gasteiger partial charge in [0.05, 0.1) is 16.8 Å². The van der Waals surface area contributed by atoms with Crippen LogP contribution in [0, 0.1) is 0 Å². The molecule has 2 rings (SSSR count). The van der Waals surface area contributed by atoms with Crippen molar-refractivity contribution in [1.29, 1.82) is 0 Å². The van der Waals surface area contributed by atoms with E-state index >= 15 is 0 Å². The molecule has 0 aliphatic carbocycles. The van der Waals surface area contributed by atoms with E-state index in [9.17, 15) is 13.2 Å². The van der Waals surface area contributed by atoms with Gasteiger partial charge in [-0.05, 0) is 18.2 Å². The number of halogens is 4. The van der Waals surface area contributed by atoms with Crippen LogP contribution in [0.5, 0.6) is 0 Å². The third-order valence-corrected chi connectivity index (χ3v) is 2.31. The van der Waals surface area contributed by atoms with Gasteiger partial charge in [-0.3, -0.25) is 0 Å². The molecule has 84 valence electrons. The lowest BCUT2D eigenvalue weighted by molar-refractivity contribution is -0.137. The minimum absolute atomic E-state index is 0.0217. The normalized spacial score (nSPS) is 11.8. The predicted octanol–water partition coefficient (Wildman–Crippen LogP) is 4.01. The van der Waals surface area contributed by atoms with Crippen LogP contribution in [0.3, 0.4) is 0 Å². The minimum atomic E-state index is -4.40. The van der Waals surface area contributed by atoms with Gasteiger partial charge in [0.2, 0.25) is 0 Å². The van der Waals surface area contributed by atoms with Crippen molar-refractivity contribution in [3.8, 4) is 11.3 Å². The molecule has 2 nitrogen and oxygen atoms in total. The highest BCUT2D eigenvalue weighted by molar-refractivity contribution is 6.33. The Labute approximate surface area is 93.7 Å². The van der Waals surface area contributed by atoms with Crippen molar-refractivity contribution in [3.63, 3.8) is 0 Å². The number of benzene rings is 1. The van der Waals surface area contributed by atoms with Crippen molar-refractivity contribution >= 4 is 11.6 Å². The smallest absolute Gasteiger partial charge is 0.416 e. The Kier molecular flexibility index (Phi) is 2.63. The second kappa shape index (κ2) is 3.83. The van der Waals surface area contributed by atoms with Crippen molar-refractivity contribution in [2.45, 2.75) is 6.18 Å². The number of rotatable bonds is 1. The molecule has 0 aliphatic rings. The number of hydrogen-bond acceptors (Lipinski definition) is 2. The van der Waals surface area contributed by atoms with Crippen molar-refractivity contribution < 1.29 is 17.6 Å². The van der Waals surface area contributed by atoms with Gasteiger partial charge in [0.1, 0.15) is 0 Å². The molecule has 1 heterocycles. The van der Waals surface area contributed by atoms with Crippen LogP contribution in [-0.2, 0) is 6.18 Å². The van der Waals surface area contributed by atoms with E-state index in [1.54, 1.807) is 0 Å². The van der Waals surface area contributed by atoms with Crippen molar-refractivity contribution in [2.24, 2.45) is 0 Å². The number of hydrogen-bond donors (Lipinski definition) is 0. The fraction of sp³-hybridized carbons (Fsp3) is 0.100. The van der Waals surface area contributed by atoms with Crippen LogP contribution in [0.4, 0.5) is 13.2 Å². The zero-order valence-electron chi connectivity index (χ0n) is 7.75. The highest BCUT2D eigenvalue weighted by Crippen LogP contribution is 2.35. The molecule has 1 aromatic carbocycles. The Morgan fingerprint density at radius 2 is 2.00 bits per heavy atom. The Morgan fingerprint density at radius 3 is 2.50 bits per heavy atom. The van der Waals surface area contributed by atoms with Crippen LogP contribution >= 0.6 is 11.6 Å². The topological polar surface area (TPSA) is 26.0 Å². The third kappa shape index (κ3) is 2.04. The molecule has 0 fully saturated rings. The molecule has 0 bridgehead atoms. The van der Waals surface area contributed by atoms with E-state index in [0.29, 0.717) is 11.3 Å². The van der Waals surface area contributed by atoms with Crippen LogP contribution in [-0.4, -0.2) is 4.98 Å². The first-order valence-corrected chi connectivity index (χ1v) is 4.62. The van der Waals surface area contributed by atoms with Crippen LogP contribution in [0.2, 0.25) is 5.02 Å². The molecular formula is C10H5ClF3NO. The van der Waals surface area contributed by atoms with E-state index < -0.39 is 11.7 Å². The van der Waals surface area contributed by atoms with E-state index in [-0.39, 0.29) is 5.02 Å². The molecule has 2 aromatic rings. The zero-order valence-corrected chi connectivity index (χ0v) is 8.51. The molecule has 0 saturated heterocycles. The highest BCUT2D eigenvalue weighted by atomic mass is 35.5. The van der Waals surface area contributed by atoms with Gasteiger partial charge in [-0.2, -0.15) is 13.2 Å². The molecular weight excluding hydrogens is 243 g/mol. The Bertz CT molecular complexity index is 493. The molecule has 0 radical (unpaired) electrons. The Hall–Kier alpha value is -1.49. The van der Waals surface area contributed by atoms with Crippen molar-refractivity contribution in [3.05, 3.63) is 41.4 Å². The maximum atomic E-state index is 12.3. The van der Waals surface area contributed by atoms with Crippen molar-refractivity contribution in [1.82, 2.24) is 4.98 Å². The van der Waals surface area contributed by atoms with Crippen LogP contribution in [0.1, 0.15) is 5.56 Å². The minimum Gasteiger partial charge on any atom is -0.443 e. The summed E-state index contributed by atoms with van der Waals surface area (Å²) in [7, 11) is 0. The molecule has 0 atom stereocenters. The third-order valence-electron chi connectivity index (χ3n) is 1.99. The van der Waals surface area contributed by atoms with Crippen LogP contribution in [0.15, 0.2) is 35.2 Å². The molecule has 0 aliphatic heterocycles. The summed E-state index contributed by atoms with van der Waals surface area (Å²) >= 11 is 5.74. The zero-order chi connectivity index (χ0) is 11.8. The van der Waals surface area contributed by atoms with E-state index in [4.69, 9.17) is 16.0 Å². The molecule has 0 amide bonds. The summed E-state index contributed by atoms with van der Waals surface area (Å²) < 4.78 is 42.0. The van der Waals surface area contributed by atoms with Crippen LogP contribution < -0.4 is 0 Å². The fourth-order valence-corrected chi connectivity index (χ4v) is 1.51. The standard InChI is InChI=1S/C10H5ClF3NO/c11-8-3-6(10(12,13)14)1-2-7(8)9-4-15-5-16-9/h1-5H. The van der Waals surface area contributed by atoms with E-state index in [1.165, 1.54) is 18.7 Å². The lowest BCUT2D eigenvalue weighted by Gasteiger charge is -2.08. The molecule has 0 spiro atoms. The second-order valence-electron chi connectivity index (χ2n) is 3.06. The molecule has 1 aromatic heterocycles. The summed E-state index contributed by atoms with van der Waals surface area (Å²) in [5.41, 5.74) is -0.409. The van der Waals surface area contributed by atoms with Gasteiger partial charge in [0.25, 0.3) is 0 Å². The molecule has 6 heteroatoms. The van der Waals surface area contributed by atoms with Gasteiger partial charge in [-0.15, -0.1) is 0 Å². The van der Waals surface area contributed by atoms with Gasteiger partial charge >= 0.3 is 6.18 Å².